The smallest absolute Gasteiger partial charge is 0.342 e. The SMILES string of the molecule is CC(=O)Nc1sc(C)c(C)c1C(=O)O[C@H](C)C(=O)c1cc(C)ccc1C. The molecular formula is C20H23NO4S. The Kier molecular flexibility index (Phi) is 5.97. The van der Waals surface area contributed by atoms with E-state index in [1.54, 1.807) is 19.9 Å². The van der Waals surface area contributed by atoms with Gasteiger partial charge in [-0.25, -0.2) is 4.79 Å². The largest absolute Gasteiger partial charge is 0.451 e. The molecule has 26 heavy (non-hydrogen) atoms. The van der Waals surface area contributed by atoms with Crippen molar-refractivity contribution < 1.29 is 19.1 Å². The van der Waals surface area contributed by atoms with Crippen molar-refractivity contribution in [1.82, 2.24) is 0 Å². The van der Waals surface area contributed by atoms with Crippen LogP contribution in [0, 0.1) is 27.7 Å². The number of ketones is 1. The maximum absolute atomic E-state index is 12.7. The topological polar surface area (TPSA) is 72.5 Å². The van der Waals surface area contributed by atoms with Crippen LogP contribution in [-0.4, -0.2) is 23.8 Å². The van der Waals surface area contributed by atoms with Crippen molar-refractivity contribution in [2.45, 2.75) is 47.6 Å². The van der Waals surface area contributed by atoms with E-state index in [9.17, 15) is 14.4 Å². The van der Waals surface area contributed by atoms with Gasteiger partial charge in [-0.15, -0.1) is 11.3 Å². The summed E-state index contributed by atoms with van der Waals surface area (Å²) in [6, 6.07) is 5.60. The third kappa shape index (κ3) is 4.19. The molecule has 1 N–H and O–H groups in total. The van der Waals surface area contributed by atoms with Crippen LogP contribution < -0.4 is 5.32 Å². The van der Waals surface area contributed by atoms with Crippen molar-refractivity contribution in [3.05, 3.63) is 50.9 Å². The van der Waals surface area contributed by atoms with Crippen LogP contribution in [-0.2, 0) is 9.53 Å². The van der Waals surface area contributed by atoms with Crippen LogP contribution in [0.1, 0.15) is 56.1 Å². The Hall–Kier alpha value is -2.47. The molecule has 2 rings (SSSR count). The van der Waals surface area contributed by atoms with E-state index in [4.69, 9.17) is 4.74 Å². The summed E-state index contributed by atoms with van der Waals surface area (Å²) in [5.41, 5.74) is 3.41. The molecule has 0 unspecified atom stereocenters. The number of thiophene rings is 1. The molecule has 1 aromatic heterocycles. The molecule has 1 aromatic carbocycles. The minimum atomic E-state index is -0.923. The van der Waals surface area contributed by atoms with Crippen LogP contribution in [0.25, 0.3) is 0 Å². The second kappa shape index (κ2) is 7.83. The van der Waals surface area contributed by atoms with Crippen LogP contribution >= 0.6 is 11.3 Å². The average Bonchev–Trinajstić information content (AvgIpc) is 2.82. The molecule has 0 saturated heterocycles. The number of nitrogens with one attached hydrogen (secondary N) is 1. The van der Waals surface area contributed by atoms with Crippen molar-refractivity contribution in [3.8, 4) is 0 Å². The molecule has 5 nitrogen and oxygen atoms in total. The molecule has 0 bridgehead atoms. The van der Waals surface area contributed by atoms with Gasteiger partial charge in [-0.1, -0.05) is 17.7 Å². The number of carbonyl (C=O) groups is 3. The Bertz CT molecular complexity index is 882. The first-order valence-electron chi connectivity index (χ1n) is 8.31. The second-order valence-corrected chi connectivity index (χ2v) is 7.62. The highest BCUT2D eigenvalue weighted by Crippen LogP contribution is 2.33. The lowest BCUT2D eigenvalue weighted by atomic mass is 9.99. The third-order valence-corrected chi connectivity index (χ3v) is 5.31. The van der Waals surface area contributed by atoms with Gasteiger partial charge < -0.3 is 10.1 Å². The summed E-state index contributed by atoms with van der Waals surface area (Å²) < 4.78 is 5.43. The fraction of sp³-hybridized carbons (Fsp3) is 0.350. The first kappa shape index (κ1) is 19.8. The number of carbonyl (C=O) groups excluding carboxylic acids is 3. The summed E-state index contributed by atoms with van der Waals surface area (Å²) in [6.07, 6.45) is -0.923. The number of ether oxygens (including phenoxy) is 1. The van der Waals surface area contributed by atoms with Crippen molar-refractivity contribution in [2.75, 3.05) is 5.32 Å². The highest BCUT2D eigenvalue weighted by Gasteiger charge is 2.26. The zero-order valence-electron chi connectivity index (χ0n) is 15.9. The van der Waals surface area contributed by atoms with Crippen LogP contribution in [0.3, 0.4) is 0 Å². The van der Waals surface area contributed by atoms with Crippen LogP contribution in [0.4, 0.5) is 5.00 Å². The average molecular weight is 373 g/mol. The minimum Gasteiger partial charge on any atom is -0.451 e. The van der Waals surface area contributed by atoms with Gasteiger partial charge in [0.25, 0.3) is 0 Å². The van der Waals surface area contributed by atoms with E-state index in [-0.39, 0.29) is 11.7 Å². The zero-order chi connectivity index (χ0) is 19.6. The van der Waals surface area contributed by atoms with Gasteiger partial charge >= 0.3 is 5.97 Å². The predicted molar refractivity (Wildman–Crippen MR) is 103 cm³/mol. The molecule has 2 aromatic rings. The number of rotatable bonds is 5. The normalized spacial score (nSPS) is 11.8. The minimum absolute atomic E-state index is 0.245. The Morgan fingerprint density at radius 2 is 1.77 bits per heavy atom. The highest BCUT2D eigenvalue weighted by atomic mass is 32.1. The maximum atomic E-state index is 12.7. The first-order chi connectivity index (χ1) is 12.1. The van der Waals surface area contributed by atoms with Crippen molar-refractivity contribution in [3.63, 3.8) is 0 Å². The van der Waals surface area contributed by atoms with E-state index in [0.29, 0.717) is 16.1 Å². The van der Waals surface area contributed by atoms with E-state index >= 15 is 0 Å². The Labute approximate surface area is 157 Å². The van der Waals surface area contributed by atoms with E-state index in [0.717, 1.165) is 21.6 Å². The third-order valence-electron chi connectivity index (χ3n) is 4.19. The first-order valence-corrected chi connectivity index (χ1v) is 9.13. The molecule has 0 fully saturated rings. The summed E-state index contributed by atoms with van der Waals surface area (Å²) in [4.78, 5) is 37.6. The summed E-state index contributed by atoms with van der Waals surface area (Å²) >= 11 is 1.32. The van der Waals surface area contributed by atoms with Gasteiger partial charge in [-0.3, -0.25) is 9.59 Å². The number of aryl methyl sites for hydroxylation is 3. The highest BCUT2D eigenvalue weighted by molar-refractivity contribution is 7.16. The Morgan fingerprint density at radius 3 is 2.38 bits per heavy atom. The molecule has 6 heteroatoms. The number of amides is 1. The number of esters is 1. The molecule has 0 aliphatic heterocycles. The second-order valence-electron chi connectivity index (χ2n) is 6.40. The van der Waals surface area contributed by atoms with Gasteiger partial charge in [0.15, 0.2) is 6.10 Å². The van der Waals surface area contributed by atoms with Gasteiger partial charge in [-0.2, -0.15) is 0 Å². The van der Waals surface area contributed by atoms with E-state index < -0.39 is 12.1 Å². The fourth-order valence-electron chi connectivity index (χ4n) is 2.61. The van der Waals surface area contributed by atoms with Crippen molar-refractivity contribution >= 4 is 34.0 Å². The quantitative estimate of drug-likeness (QED) is 0.624. The standard InChI is InChI=1S/C20H23NO4S/c1-10-7-8-11(2)16(9-10)18(23)13(4)25-20(24)17-12(3)14(5)26-19(17)21-15(6)22/h7-9,13H,1-6H3,(H,21,22)/t13-/m1/s1. The summed E-state index contributed by atoms with van der Waals surface area (Å²) in [5.74, 6) is -1.12. The van der Waals surface area contributed by atoms with Gasteiger partial charge in [0.2, 0.25) is 11.7 Å². The van der Waals surface area contributed by atoms with Crippen LogP contribution in [0.15, 0.2) is 18.2 Å². The van der Waals surface area contributed by atoms with Gasteiger partial charge in [0.05, 0.1) is 5.56 Å². The van der Waals surface area contributed by atoms with Crippen molar-refractivity contribution in [2.24, 2.45) is 0 Å². The molecule has 0 saturated carbocycles. The maximum Gasteiger partial charge on any atom is 0.342 e. The van der Waals surface area contributed by atoms with E-state index in [1.807, 2.05) is 32.9 Å². The molecule has 138 valence electrons. The fourth-order valence-corrected chi connectivity index (χ4v) is 3.71. The van der Waals surface area contributed by atoms with E-state index in [2.05, 4.69) is 5.32 Å². The lowest BCUT2D eigenvalue weighted by Gasteiger charge is -2.15. The van der Waals surface area contributed by atoms with Crippen LogP contribution in [0.2, 0.25) is 0 Å². The molecule has 0 aliphatic rings. The predicted octanol–water partition coefficient (Wildman–Crippen LogP) is 4.37. The molecular weight excluding hydrogens is 350 g/mol. The van der Waals surface area contributed by atoms with Gasteiger partial charge in [0, 0.05) is 17.4 Å². The number of hydrogen-bond donors (Lipinski definition) is 1. The summed E-state index contributed by atoms with van der Waals surface area (Å²) in [6.45, 7) is 10.4. The molecule has 0 radical (unpaired) electrons. The zero-order valence-corrected chi connectivity index (χ0v) is 16.7. The van der Waals surface area contributed by atoms with Crippen molar-refractivity contribution in [1.29, 1.82) is 0 Å². The molecule has 1 heterocycles. The monoisotopic (exact) mass is 373 g/mol. The molecule has 1 amide bonds. The Morgan fingerprint density at radius 1 is 1.12 bits per heavy atom. The number of Topliss-reactive ketones (excluding diaryl/α,β-unsaturated/α-hetero) is 1. The number of anilines is 1. The number of benzene rings is 1. The van der Waals surface area contributed by atoms with Crippen LogP contribution in [0.5, 0.6) is 0 Å². The molecule has 0 spiro atoms. The lowest BCUT2D eigenvalue weighted by molar-refractivity contribution is -0.114. The molecule has 0 aliphatic carbocycles. The summed E-state index contributed by atoms with van der Waals surface area (Å²) in [7, 11) is 0. The summed E-state index contributed by atoms with van der Waals surface area (Å²) in [5, 5.41) is 3.11. The van der Waals surface area contributed by atoms with Gasteiger partial charge in [-0.05, 0) is 51.8 Å². The Balaban J connectivity index is 2.25. The lowest BCUT2D eigenvalue weighted by Crippen LogP contribution is -2.25. The molecule has 1 atom stereocenters. The number of hydrogen-bond acceptors (Lipinski definition) is 5. The van der Waals surface area contributed by atoms with E-state index in [1.165, 1.54) is 18.3 Å². The van der Waals surface area contributed by atoms with Gasteiger partial charge in [0.1, 0.15) is 5.00 Å².